The van der Waals surface area contributed by atoms with E-state index in [1.807, 2.05) is 36.4 Å². The van der Waals surface area contributed by atoms with Crippen molar-refractivity contribution in [2.45, 2.75) is 6.61 Å². The predicted octanol–water partition coefficient (Wildman–Crippen LogP) is 4.50. The van der Waals surface area contributed by atoms with Crippen LogP contribution >= 0.6 is 31.9 Å². The fourth-order valence-corrected chi connectivity index (χ4v) is 2.42. The van der Waals surface area contributed by atoms with Crippen LogP contribution in [0, 0.1) is 0 Å². The number of hydrogen-bond acceptors (Lipinski definition) is 3. The van der Waals surface area contributed by atoms with Crippen LogP contribution in [0.1, 0.15) is 5.56 Å². The molecule has 0 atom stereocenters. The van der Waals surface area contributed by atoms with Crippen LogP contribution in [-0.4, -0.2) is 12.2 Å². The lowest BCUT2D eigenvalue weighted by Gasteiger charge is -2.11. The van der Waals surface area contributed by atoms with E-state index in [2.05, 4.69) is 31.9 Å². The van der Waals surface area contributed by atoms with E-state index >= 15 is 0 Å². The predicted molar refractivity (Wildman–Crippen MR) is 80.8 cm³/mol. The normalized spacial score (nSPS) is 10.3. The van der Waals surface area contributed by atoms with Crippen LogP contribution in [-0.2, 0) is 6.61 Å². The summed E-state index contributed by atoms with van der Waals surface area (Å²) in [7, 11) is 1.61. The molecule has 1 N–H and O–H groups in total. The first-order valence-electron chi connectivity index (χ1n) is 5.54. The standard InChI is InChI=1S/C14H12Br2O3/c1-18-13-6-12(16)14(7-11(13)15)19-10-4-2-9(8-17)3-5-10/h2-7,17H,8H2,1H3. The van der Waals surface area contributed by atoms with Crippen molar-refractivity contribution in [3.8, 4) is 17.2 Å². The second-order valence-corrected chi connectivity index (χ2v) is 5.53. The third-order valence-electron chi connectivity index (χ3n) is 2.54. The molecule has 0 spiro atoms. The Balaban J connectivity index is 2.25. The molecule has 0 aliphatic heterocycles. The van der Waals surface area contributed by atoms with Gasteiger partial charge in [-0.15, -0.1) is 0 Å². The zero-order valence-corrected chi connectivity index (χ0v) is 13.4. The first-order chi connectivity index (χ1) is 9.13. The van der Waals surface area contributed by atoms with Crippen molar-refractivity contribution in [2.24, 2.45) is 0 Å². The molecule has 5 heteroatoms. The Bertz CT molecular complexity index is 568. The molecule has 100 valence electrons. The maximum absolute atomic E-state index is 8.99. The minimum Gasteiger partial charge on any atom is -0.496 e. The Morgan fingerprint density at radius 1 is 1.00 bits per heavy atom. The highest BCUT2D eigenvalue weighted by molar-refractivity contribution is 9.11. The van der Waals surface area contributed by atoms with E-state index < -0.39 is 0 Å². The summed E-state index contributed by atoms with van der Waals surface area (Å²) in [6.07, 6.45) is 0. The van der Waals surface area contributed by atoms with Crippen molar-refractivity contribution in [2.75, 3.05) is 7.11 Å². The summed E-state index contributed by atoms with van der Waals surface area (Å²) < 4.78 is 12.6. The fraction of sp³-hybridized carbons (Fsp3) is 0.143. The molecule has 0 saturated carbocycles. The smallest absolute Gasteiger partial charge is 0.143 e. The van der Waals surface area contributed by atoms with Crippen molar-refractivity contribution in [3.05, 3.63) is 50.9 Å². The Kier molecular flexibility index (Phi) is 4.85. The number of ether oxygens (including phenoxy) is 2. The van der Waals surface area contributed by atoms with E-state index in [1.165, 1.54) is 0 Å². The lowest BCUT2D eigenvalue weighted by molar-refractivity contribution is 0.281. The lowest BCUT2D eigenvalue weighted by atomic mass is 10.2. The molecule has 0 unspecified atom stereocenters. The molecule has 19 heavy (non-hydrogen) atoms. The van der Waals surface area contributed by atoms with Crippen LogP contribution in [0.4, 0.5) is 0 Å². The molecule has 0 amide bonds. The third-order valence-corrected chi connectivity index (χ3v) is 3.78. The van der Waals surface area contributed by atoms with Gasteiger partial charge in [-0.1, -0.05) is 12.1 Å². The van der Waals surface area contributed by atoms with E-state index in [1.54, 1.807) is 7.11 Å². The van der Waals surface area contributed by atoms with Gasteiger partial charge < -0.3 is 14.6 Å². The number of hydrogen-bond donors (Lipinski definition) is 1. The Morgan fingerprint density at radius 3 is 2.16 bits per heavy atom. The fourth-order valence-electron chi connectivity index (χ4n) is 1.53. The summed E-state index contributed by atoms with van der Waals surface area (Å²) in [6.45, 7) is 0.0259. The molecule has 0 aliphatic carbocycles. The van der Waals surface area contributed by atoms with Gasteiger partial charge in [-0.2, -0.15) is 0 Å². The van der Waals surface area contributed by atoms with Crippen LogP contribution in [0.15, 0.2) is 45.3 Å². The maximum atomic E-state index is 8.99. The minimum atomic E-state index is 0.0259. The van der Waals surface area contributed by atoms with Gasteiger partial charge in [0.2, 0.25) is 0 Å². The van der Waals surface area contributed by atoms with Gasteiger partial charge in [-0.25, -0.2) is 0 Å². The average molecular weight is 388 g/mol. The maximum Gasteiger partial charge on any atom is 0.143 e. The quantitative estimate of drug-likeness (QED) is 0.838. The van der Waals surface area contributed by atoms with Gasteiger partial charge in [-0.3, -0.25) is 0 Å². The highest BCUT2D eigenvalue weighted by Crippen LogP contribution is 2.38. The zero-order chi connectivity index (χ0) is 13.8. The Hall–Kier alpha value is -1.04. The molecule has 2 aromatic rings. The summed E-state index contributed by atoms with van der Waals surface area (Å²) in [5.41, 5.74) is 0.849. The molecular formula is C14H12Br2O3. The summed E-state index contributed by atoms with van der Waals surface area (Å²) in [6, 6.07) is 10.9. The SMILES string of the molecule is COc1cc(Br)c(Oc2ccc(CO)cc2)cc1Br. The number of halogens is 2. The van der Waals surface area contributed by atoms with E-state index in [4.69, 9.17) is 14.6 Å². The average Bonchev–Trinajstić information content (AvgIpc) is 2.43. The van der Waals surface area contributed by atoms with Crippen LogP contribution in [0.3, 0.4) is 0 Å². The Labute approximate surface area is 128 Å². The van der Waals surface area contributed by atoms with Gasteiger partial charge in [0.15, 0.2) is 0 Å². The molecule has 2 rings (SSSR count). The van der Waals surface area contributed by atoms with Crippen molar-refractivity contribution in [1.29, 1.82) is 0 Å². The first kappa shape index (κ1) is 14.4. The highest BCUT2D eigenvalue weighted by atomic mass is 79.9. The third kappa shape index (κ3) is 3.49. The van der Waals surface area contributed by atoms with Crippen molar-refractivity contribution in [1.82, 2.24) is 0 Å². The van der Waals surface area contributed by atoms with Gasteiger partial charge in [0.05, 0.1) is 22.7 Å². The second kappa shape index (κ2) is 6.41. The van der Waals surface area contributed by atoms with Gasteiger partial charge in [-0.05, 0) is 61.7 Å². The number of aliphatic hydroxyl groups is 1. The minimum absolute atomic E-state index is 0.0259. The highest BCUT2D eigenvalue weighted by Gasteiger charge is 2.09. The molecule has 0 fully saturated rings. The van der Waals surface area contributed by atoms with Crippen LogP contribution in [0.5, 0.6) is 17.2 Å². The van der Waals surface area contributed by atoms with Crippen molar-refractivity contribution >= 4 is 31.9 Å². The summed E-state index contributed by atoms with van der Waals surface area (Å²) in [5.74, 6) is 2.12. The molecule has 0 aliphatic rings. The summed E-state index contributed by atoms with van der Waals surface area (Å²) >= 11 is 6.86. The number of aliphatic hydroxyl groups excluding tert-OH is 1. The van der Waals surface area contributed by atoms with E-state index in [-0.39, 0.29) is 6.61 Å². The monoisotopic (exact) mass is 386 g/mol. The molecule has 2 aromatic carbocycles. The van der Waals surface area contributed by atoms with Crippen LogP contribution in [0.2, 0.25) is 0 Å². The van der Waals surface area contributed by atoms with E-state index in [9.17, 15) is 0 Å². The van der Waals surface area contributed by atoms with Crippen molar-refractivity contribution in [3.63, 3.8) is 0 Å². The number of rotatable bonds is 4. The summed E-state index contributed by atoms with van der Waals surface area (Å²) in [5, 5.41) is 8.99. The molecule has 0 saturated heterocycles. The van der Waals surface area contributed by atoms with Gasteiger partial charge in [0.1, 0.15) is 17.2 Å². The van der Waals surface area contributed by atoms with Crippen LogP contribution < -0.4 is 9.47 Å². The zero-order valence-electron chi connectivity index (χ0n) is 10.2. The molecular weight excluding hydrogens is 376 g/mol. The topological polar surface area (TPSA) is 38.7 Å². The molecule has 0 bridgehead atoms. The second-order valence-electron chi connectivity index (χ2n) is 3.82. The van der Waals surface area contributed by atoms with Gasteiger partial charge >= 0.3 is 0 Å². The van der Waals surface area contributed by atoms with E-state index in [0.29, 0.717) is 11.5 Å². The number of methoxy groups -OCH3 is 1. The Morgan fingerprint density at radius 2 is 1.58 bits per heavy atom. The van der Waals surface area contributed by atoms with E-state index in [0.717, 1.165) is 20.3 Å². The summed E-state index contributed by atoms with van der Waals surface area (Å²) in [4.78, 5) is 0. The number of benzene rings is 2. The molecule has 0 aromatic heterocycles. The molecule has 0 radical (unpaired) electrons. The first-order valence-corrected chi connectivity index (χ1v) is 7.13. The van der Waals surface area contributed by atoms with Crippen LogP contribution in [0.25, 0.3) is 0 Å². The molecule has 3 nitrogen and oxygen atoms in total. The van der Waals surface area contributed by atoms with Gasteiger partial charge in [0, 0.05) is 0 Å². The molecule has 0 heterocycles. The lowest BCUT2D eigenvalue weighted by Crippen LogP contribution is -1.90. The van der Waals surface area contributed by atoms with Crippen molar-refractivity contribution < 1.29 is 14.6 Å². The van der Waals surface area contributed by atoms with Gasteiger partial charge in [0.25, 0.3) is 0 Å². The largest absolute Gasteiger partial charge is 0.496 e.